The van der Waals surface area contributed by atoms with Gasteiger partial charge < -0.3 is 5.32 Å². The van der Waals surface area contributed by atoms with Gasteiger partial charge in [-0.3, -0.25) is 4.40 Å². The van der Waals surface area contributed by atoms with Gasteiger partial charge in [-0.05, 0) is 32.6 Å². The summed E-state index contributed by atoms with van der Waals surface area (Å²) in [7, 11) is -3.59. The van der Waals surface area contributed by atoms with Gasteiger partial charge in [0, 0.05) is 24.2 Å². The van der Waals surface area contributed by atoms with Crippen molar-refractivity contribution in [3.05, 3.63) is 11.6 Å². The van der Waals surface area contributed by atoms with E-state index in [-0.39, 0.29) is 11.1 Å². The summed E-state index contributed by atoms with van der Waals surface area (Å²) >= 11 is 1.42. The van der Waals surface area contributed by atoms with Gasteiger partial charge in [0.05, 0.1) is 0 Å². The maximum Gasteiger partial charge on any atom is 0.260 e. The first-order chi connectivity index (χ1) is 10.0. The second-order valence-electron chi connectivity index (χ2n) is 5.45. The minimum Gasteiger partial charge on any atom is -0.368 e. The molecule has 0 amide bonds. The van der Waals surface area contributed by atoms with Gasteiger partial charge in [0.1, 0.15) is 0 Å². The molecule has 21 heavy (non-hydrogen) atoms. The van der Waals surface area contributed by atoms with Gasteiger partial charge in [-0.1, -0.05) is 6.42 Å². The molecule has 2 N–H and O–H groups in total. The van der Waals surface area contributed by atoms with Crippen molar-refractivity contribution in [2.24, 2.45) is 5.92 Å². The summed E-state index contributed by atoms with van der Waals surface area (Å²) in [5, 5.41) is 5.10. The van der Waals surface area contributed by atoms with Crippen molar-refractivity contribution >= 4 is 32.1 Å². The Labute approximate surface area is 128 Å². The topological polar surface area (TPSA) is 75.5 Å². The van der Waals surface area contributed by atoms with Gasteiger partial charge in [0.15, 0.2) is 15.8 Å². The second-order valence-corrected chi connectivity index (χ2v) is 7.95. The third-order valence-electron chi connectivity index (χ3n) is 4.02. The van der Waals surface area contributed by atoms with Crippen LogP contribution >= 0.6 is 11.3 Å². The first-order valence-corrected chi connectivity index (χ1v) is 9.61. The molecule has 3 rings (SSSR count). The van der Waals surface area contributed by atoms with Crippen LogP contribution in [0.25, 0.3) is 4.96 Å². The van der Waals surface area contributed by atoms with E-state index in [2.05, 4.69) is 15.0 Å². The molecule has 0 radical (unpaired) electrons. The van der Waals surface area contributed by atoms with Gasteiger partial charge in [-0.2, -0.15) is 0 Å². The van der Waals surface area contributed by atoms with E-state index in [1.165, 1.54) is 17.8 Å². The molecule has 0 aliphatic heterocycles. The standard InChI is InChI=1S/C13H20N4O2S2/c1-3-14-11-12(17-7-8-20-13(17)15-11)21(18,19)16-9(2)10-5-4-6-10/h7-10,14,16H,3-6H2,1-2H3. The fourth-order valence-electron chi connectivity index (χ4n) is 2.64. The summed E-state index contributed by atoms with van der Waals surface area (Å²) in [6.07, 6.45) is 5.14. The average molecular weight is 328 g/mol. The van der Waals surface area contributed by atoms with Gasteiger partial charge in [-0.25, -0.2) is 18.1 Å². The van der Waals surface area contributed by atoms with Crippen LogP contribution in [0.5, 0.6) is 0 Å². The molecule has 0 saturated heterocycles. The lowest BCUT2D eigenvalue weighted by atomic mass is 9.81. The number of thiazole rings is 1. The number of hydrogen-bond donors (Lipinski definition) is 2. The van der Waals surface area contributed by atoms with Crippen molar-refractivity contribution < 1.29 is 8.42 Å². The van der Waals surface area contributed by atoms with E-state index >= 15 is 0 Å². The molecule has 0 aromatic carbocycles. The molecule has 1 unspecified atom stereocenters. The van der Waals surface area contributed by atoms with E-state index in [0.29, 0.717) is 23.2 Å². The minimum absolute atomic E-state index is 0.0394. The van der Waals surface area contributed by atoms with E-state index in [9.17, 15) is 8.42 Å². The highest BCUT2D eigenvalue weighted by Gasteiger charge is 2.31. The fraction of sp³-hybridized carbons (Fsp3) is 0.615. The summed E-state index contributed by atoms with van der Waals surface area (Å²) in [6.45, 7) is 4.50. The molecule has 0 bridgehead atoms. The molecule has 1 atom stereocenters. The Hall–Kier alpha value is -1.12. The second kappa shape index (κ2) is 5.58. The first-order valence-electron chi connectivity index (χ1n) is 7.24. The first kappa shape index (κ1) is 14.8. The number of fused-ring (bicyclic) bond motifs is 1. The van der Waals surface area contributed by atoms with Crippen LogP contribution in [0.1, 0.15) is 33.1 Å². The number of anilines is 1. The third-order valence-corrected chi connectivity index (χ3v) is 6.35. The lowest BCUT2D eigenvalue weighted by Gasteiger charge is -2.31. The minimum atomic E-state index is -3.59. The molecule has 1 saturated carbocycles. The van der Waals surface area contributed by atoms with E-state index in [4.69, 9.17) is 0 Å². The SMILES string of the molecule is CCNc1nc2sccn2c1S(=O)(=O)NC(C)C1CCC1. The Bertz CT molecular complexity index is 731. The third kappa shape index (κ3) is 2.67. The Morgan fingerprint density at radius 3 is 2.90 bits per heavy atom. The quantitative estimate of drug-likeness (QED) is 0.853. The van der Waals surface area contributed by atoms with Crippen LogP contribution in [-0.4, -0.2) is 30.4 Å². The Kier molecular flexibility index (Phi) is 3.94. The van der Waals surface area contributed by atoms with Gasteiger partial charge in [0.25, 0.3) is 10.0 Å². The van der Waals surface area contributed by atoms with Crippen LogP contribution in [0.4, 0.5) is 5.82 Å². The molecule has 2 heterocycles. The molecule has 1 aliphatic rings. The van der Waals surface area contributed by atoms with Crippen LogP contribution in [0.3, 0.4) is 0 Å². The van der Waals surface area contributed by atoms with E-state index in [1.807, 2.05) is 19.2 Å². The molecule has 116 valence electrons. The predicted octanol–water partition coefficient (Wildman–Crippen LogP) is 2.29. The van der Waals surface area contributed by atoms with E-state index < -0.39 is 10.0 Å². The Morgan fingerprint density at radius 2 is 2.29 bits per heavy atom. The smallest absolute Gasteiger partial charge is 0.260 e. The van der Waals surface area contributed by atoms with Crippen LogP contribution < -0.4 is 10.0 Å². The van der Waals surface area contributed by atoms with Gasteiger partial charge >= 0.3 is 0 Å². The number of nitrogens with one attached hydrogen (secondary N) is 2. The van der Waals surface area contributed by atoms with Crippen molar-refractivity contribution in [2.75, 3.05) is 11.9 Å². The largest absolute Gasteiger partial charge is 0.368 e. The molecule has 8 heteroatoms. The maximum absolute atomic E-state index is 12.7. The lowest BCUT2D eigenvalue weighted by molar-refractivity contribution is 0.260. The molecule has 2 aromatic rings. The Morgan fingerprint density at radius 1 is 1.52 bits per heavy atom. The maximum atomic E-state index is 12.7. The number of hydrogen-bond acceptors (Lipinski definition) is 5. The fourth-order valence-corrected chi connectivity index (χ4v) is 4.98. The summed E-state index contributed by atoms with van der Waals surface area (Å²) in [6, 6.07) is -0.0394. The number of nitrogens with zero attached hydrogens (tertiary/aromatic N) is 2. The average Bonchev–Trinajstić information content (AvgIpc) is 2.84. The summed E-state index contributed by atoms with van der Waals surface area (Å²) in [4.78, 5) is 5.05. The molecular weight excluding hydrogens is 308 g/mol. The highest BCUT2D eigenvalue weighted by molar-refractivity contribution is 7.89. The van der Waals surface area contributed by atoms with Crippen molar-refractivity contribution in [1.82, 2.24) is 14.1 Å². The lowest BCUT2D eigenvalue weighted by Crippen LogP contribution is -2.41. The van der Waals surface area contributed by atoms with Gasteiger partial charge in [0.2, 0.25) is 0 Å². The molecule has 0 spiro atoms. The number of imidazole rings is 1. The van der Waals surface area contributed by atoms with Crippen molar-refractivity contribution in [3.8, 4) is 0 Å². The van der Waals surface area contributed by atoms with E-state index in [0.717, 1.165) is 12.8 Å². The van der Waals surface area contributed by atoms with Crippen LogP contribution in [0.2, 0.25) is 0 Å². The van der Waals surface area contributed by atoms with Crippen molar-refractivity contribution in [2.45, 2.75) is 44.2 Å². The highest BCUT2D eigenvalue weighted by atomic mass is 32.2. The number of sulfonamides is 1. The molecule has 1 aliphatic carbocycles. The van der Waals surface area contributed by atoms with Crippen LogP contribution in [-0.2, 0) is 10.0 Å². The van der Waals surface area contributed by atoms with Gasteiger partial charge in [-0.15, -0.1) is 11.3 Å². The summed E-state index contributed by atoms with van der Waals surface area (Å²) in [5.41, 5.74) is 0. The van der Waals surface area contributed by atoms with Crippen LogP contribution in [0, 0.1) is 5.92 Å². The summed E-state index contributed by atoms with van der Waals surface area (Å²) < 4.78 is 30.0. The normalized spacial score (nSPS) is 17.8. The predicted molar refractivity (Wildman–Crippen MR) is 84.4 cm³/mol. The molecule has 1 fully saturated rings. The summed E-state index contributed by atoms with van der Waals surface area (Å²) in [5.74, 6) is 0.880. The molecular formula is C13H20N4O2S2. The Balaban J connectivity index is 1.96. The zero-order chi connectivity index (χ0) is 15.0. The molecule has 2 aromatic heterocycles. The van der Waals surface area contributed by atoms with Crippen molar-refractivity contribution in [1.29, 1.82) is 0 Å². The number of aromatic nitrogens is 2. The van der Waals surface area contributed by atoms with E-state index in [1.54, 1.807) is 10.6 Å². The zero-order valence-electron chi connectivity index (χ0n) is 12.2. The zero-order valence-corrected chi connectivity index (χ0v) is 13.8. The molecule has 6 nitrogen and oxygen atoms in total. The number of rotatable bonds is 6. The van der Waals surface area contributed by atoms with Crippen molar-refractivity contribution in [3.63, 3.8) is 0 Å². The highest BCUT2D eigenvalue weighted by Crippen LogP contribution is 2.31. The van der Waals surface area contributed by atoms with Crippen LogP contribution in [0.15, 0.2) is 16.6 Å². The monoisotopic (exact) mass is 328 g/mol.